The molecule has 1 aliphatic heterocycles. The Kier molecular flexibility index (Phi) is 6.19. The lowest BCUT2D eigenvalue weighted by molar-refractivity contribution is -0.115. The van der Waals surface area contributed by atoms with E-state index in [2.05, 4.69) is 20.9 Å². The van der Waals surface area contributed by atoms with Crippen molar-refractivity contribution in [1.82, 2.24) is 0 Å². The Hall–Kier alpha value is -2.73. The molecule has 1 saturated heterocycles. The number of carbonyl (C=O) groups excluding carboxylic acids is 2. The normalized spacial score (nSPS) is 13.3. The van der Waals surface area contributed by atoms with E-state index >= 15 is 0 Å². The zero-order chi connectivity index (χ0) is 19.2. The Morgan fingerprint density at radius 1 is 1.00 bits per heavy atom. The van der Waals surface area contributed by atoms with Crippen LogP contribution in [0.3, 0.4) is 0 Å². The van der Waals surface area contributed by atoms with Crippen LogP contribution < -0.4 is 20.9 Å². The van der Waals surface area contributed by atoms with Gasteiger partial charge in [-0.3, -0.25) is 9.59 Å². The molecule has 27 heavy (non-hydrogen) atoms. The number of carbonyl (C=O) groups is 2. The maximum atomic E-state index is 12.2. The second-order valence-corrected chi connectivity index (χ2v) is 6.95. The lowest BCUT2D eigenvalue weighted by Gasteiger charge is -2.18. The smallest absolute Gasteiger partial charge is 0.243 e. The second kappa shape index (κ2) is 8.77. The molecule has 0 aromatic heterocycles. The van der Waals surface area contributed by atoms with Crippen LogP contribution >= 0.6 is 11.6 Å². The third kappa shape index (κ3) is 5.37. The molecule has 0 bridgehead atoms. The zero-order valence-corrected chi connectivity index (χ0v) is 16.0. The number of amides is 2. The summed E-state index contributed by atoms with van der Waals surface area (Å²) in [4.78, 5) is 25.9. The number of nitrogens with zero attached hydrogens (tertiary/aromatic N) is 1. The molecule has 7 heteroatoms. The molecule has 3 N–H and O–H groups in total. The molecule has 1 aliphatic rings. The lowest BCUT2D eigenvalue weighted by Crippen LogP contribution is -2.22. The molecule has 1 heterocycles. The van der Waals surface area contributed by atoms with Crippen LogP contribution in [-0.2, 0) is 9.59 Å². The quantitative estimate of drug-likeness (QED) is 0.702. The highest BCUT2D eigenvalue weighted by Gasteiger charge is 2.12. The van der Waals surface area contributed by atoms with E-state index in [4.69, 9.17) is 11.6 Å². The molecule has 0 aliphatic carbocycles. The van der Waals surface area contributed by atoms with Crippen LogP contribution in [0.4, 0.5) is 22.7 Å². The fraction of sp³-hybridized carbons (Fsp3) is 0.300. The van der Waals surface area contributed by atoms with E-state index in [1.165, 1.54) is 25.5 Å². The van der Waals surface area contributed by atoms with Gasteiger partial charge in [0.15, 0.2) is 0 Å². The van der Waals surface area contributed by atoms with Crippen molar-refractivity contribution in [1.29, 1.82) is 0 Å². The minimum atomic E-state index is -0.192. The molecule has 2 aromatic carbocycles. The van der Waals surface area contributed by atoms with Crippen molar-refractivity contribution in [2.24, 2.45) is 0 Å². The van der Waals surface area contributed by atoms with Crippen LogP contribution in [-0.4, -0.2) is 31.4 Å². The molecule has 2 amide bonds. The van der Waals surface area contributed by atoms with Gasteiger partial charge in [0, 0.05) is 36.4 Å². The van der Waals surface area contributed by atoms with Crippen LogP contribution in [0.25, 0.3) is 0 Å². The molecule has 0 unspecified atom stereocenters. The van der Waals surface area contributed by atoms with Gasteiger partial charge in [-0.2, -0.15) is 0 Å². The van der Waals surface area contributed by atoms with Gasteiger partial charge < -0.3 is 20.9 Å². The van der Waals surface area contributed by atoms with Gasteiger partial charge in [0.1, 0.15) is 0 Å². The highest BCUT2D eigenvalue weighted by atomic mass is 35.5. The molecular weight excluding hydrogens is 364 g/mol. The first kappa shape index (κ1) is 19.0. The highest BCUT2D eigenvalue weighted by Crippen LogP contribution is 2.26. The van der Waals surface area contributed by atoms with Gasteiger partial charge in [0.2, 0.25) is 11.8 Å². The number of rotatable bonds is 6. The Morgan fingerprint density at radius 3 is 2.37 bits per heavy atom. The van der Waals surface area contributed by atoms with Crippen molar-refractivity contribution in [3.8, 4) is 0 Å². The van der Waals surface area contributed by atoms with Gasteiger partial charge in [0.05, 0.1) is 17.9 Å². The van der Waals surface area contributed by atoms with Crippen LogP contribution in [0.1, 0.15) is 19.8 Å². The minimum Gasteiger partial charge on any atom is -0.374 e. The van der Waals surface area contributed by atoms with E-state index in [-0.39, 0.29) is 18.4 Å². The average molecular weight is 387 g/mol. The monoisotopic (exact) mass is 386 g/mol. The van der Waals surface area contributed by atoms with Crippen molar-refractivity contribution >= 4 is 46.2 Å². The Morgan fingerprint density at radius 2 is 1.70 bits per heavy atom. The maximum absolute atomic E-state index is 12.2. The van der Waals surface area contributed by atoms with E-state index in [1.807, 2.05) is 24.3 Å². The summed E-state index contributed by atoms with van der Waals surface area (Å²) < 4.78 is 0. The fourth-order valence-electron chi connectivity index (χ4n) is 3.07. The van der Waals surface area contributed by atoms with Crippen molar-refractivity contribution in [3.05, 3.63) is 47.5 Å². The molecule has 6 nitrogen and oxygen atoms in total. The Bertz CT molecular complexity index is 817. The Balaban J connectivity index is 1.56. The van der Waals surface area contributed by atoms with Crippen molar-refractivity contribution < 1.29 is 9.59 Å². The predicted octanol–water partition coefficient (Wildman–Crippen LogP) is 3.95. The molecule has 2 aromatic rings. The summed E-state index contributed by atoms with van der Waals surface area (Å²) in [5.41, 5.74) is 3.10. The molecule has 3 rings (SSSR count). The zero-order valence-electron chi connectivity index (χ0n) is 15.2. The molecule has 0 radical (unpaired) electrons. The highest BCUT2D eigenvalue weighted by molar-refractivity contribution is 6.31. The Labute approximate surface area is 163 Å². The largest absolute Gasteiger partial charge is 0.374 e. The topological polar surface area (TPSA) is 73.5 Å². The summed E-state index contributed by atoms with van der Waals surface area (Å²) in [6.07, 6.45) is 2.46. The van der Waals surface area contributed by atoms with Gasteiger partial charge >= 0.3 is 0 Å². The average Bonchev–Trinajstić information content (AvgIpc) is 3.17. The molecular formula is C20H23ClN4O2. The number of halogens is 1. The number of nitrogens with one attached hydrogen (secondary N) is 3. The lowest BCUT2D eigenvalue weighted by atomic mass is 10.2. The summed E-state index contributed by atoms with van der Waals surface area (Å²) in [6.45, 7) is 3.66. The van der Waals surface area contributed by atoms with Crippen LogP contribution in [0.5, 0.6) is 0 Å². The summed E-state index contributed by atoms with van der Waals surface area (Å²) in [6, 6.07) is 12.9. The van der Waals surface area contributed by atoms with Crippen LogP contribution in [0, 0.1) is 0 Å². The molecule has 0 saturated carbocycles. The molecule has 1 fully saturated rings. The van der Waals surface area contributed by atoms with Gasteiger partial charge in [-0.1, -0.05) is 11.6 Å². The summed E-state index contributed by atoms with van der Waals surface area (Å²) in [5.74, 6) is -0.374. The van der Waals surface area contributed by atoms with E-state index < -0.39 is 0 Å². The number of anilines is 4. The van der Waals surface area contributed by atoms with Crippen molar-refractivity contribution in [2.45, 2.75) is 19.8 Å². The summed E-state index contributed by atoms with van der Waals surface area (Å²) >= 11 is 6.01. The third-order valence-corrected chi connectivity index (χ3v) is 4.59. The van der Waals surface area contributed by atoms with Crippen LogP contribution in [0.2, 0.25) is 5.02 Å². The van der Waals surface area contributed by atoms with Gasteiger partial charge in [-0.15, -0.1) is 0 Å². The standard InChI is InChI=1S/C20H23ClN4O2/c1-14(26)23-18-9-4-15(21)12-19(18)22-13-20(27)24-16-5-7-17(8-6-16)25-10-2-3-11-25/h4-9,12,22H,2-3,10-11,13H2,1H3,(H,23,26)(H,24,27). The maximum Gasteiger partial charge on any atom is 0.243 e. The first-order valence-electron chi connectivity index (χ1n) is 8.97. The van der Waals surface area contributed by atoms with Gasteiger partial charge in [0.25, 0.3) is 0 Å². The first-order chi connectivity index (χ1) is 13.0. The number of hydrogen-bond acceptors (Lipinski definition) is 4. The molecule has 0 atom stereocenters. The SMILES string of the molecule is CC(=O)Nc1ccc(Cl)cc1NCC(=O)Nc1ccc(N2CCCC2)cc1. The second-order valence-electron chi connectivity index (χ2n) is 6.51. The number of benzene rings is 2. The van der Waals surface area contributed by atoms with E-state index in [0.29, 0.717) is 16.4 Å². The molecule has 0 spiro atoms. The van der Waals surface area contributed by atoms with Gasteiger partial charge in [-0.25, -0.2) is 0 Å². The van der Waals surface area contributed by atoms with E-state index in [1.54, 1.807) is 18.2 Å². The fourth-order valence-corrected chi connectivity index (χ4v) is 3.25. The van der Waals surface area contributed by atoms with Crippen molar-refractivity contribution in [2.75, 3.05) is 40.5 Å². The predicted molar refractivity (Wildman–Crippen MR) is 111 cm³/mol. The molecule has 142 valence electrons. The third-order valence-electron chi connectivity index (χ3n) is 4.35. The first-order valence-corrected chi connectivity index (χ1v) is 9.35. The number of hydrogen-bond donors (Lipinski definition) is 3. The van der Waals surface area contributed by atoms with E-state index in [9.17, 15) is 9.59 Å². The minimum absolute atomic E-state index is 0.0564. The van der Waals surface area contributed by atoms with Gasteiger partial charge in [-0.05, 0) is 55.3 Å². The van der Waals surface area contributed by atoms with Crippen molar-refractivity contribution in [3.63, 3.8) is 0 Å². The van der Waals surface area contributed by atoms with Crippen LogP contribution in [0.15, 0.2) is 42.5 Å². The summed E-state index contributed by atoms with van der Waals surface area (Å²) in [7, 11) is 0. The summed E-state index contributed by atoms with van der Waals surface area (Å²) in [5, 5.41) is 9.11. The van der Waals surface area contributed by atoms with E-state index in [0.717, 1.165) is 18.8 Å².